The van der Waals surface area contributed by atoms with Crippen LogP contribution < -0.4 is 15.5 Å². The number of methoxy groups -OCH3 is 1. The Morgan fingerprint density at radius 3 is 2.47 bits per heavy atom. The Morgan fingerprint density at radius 2 is 1.72 bits per heavy atom. The van der Waals surface area contributed by atoms with Crippen molar-refractivity contribution >= 4 is 50.8 Å². The predicted molar refractivity (Wildman–Crippen MR) is 140 cm³/mol. The quantitative estimate of drug-likeness (QED) is 0.330. The molecule has 5 aromatic rings. The van der Waals surface area contributed by atoms with Crippen molar-refractivity contribution < 1.29 is 14.3 Å². The van der Waals surface area contributed by atoms with E-state index < -0.39 is 11.2 Å². The first kappa shape index (κ1) is 23.3. The lowest BCUT2D eigenvalue weighted by Gasteiger charge is -2.14. The maximum atomic E-state index is 13.5. The van der Waals surface area contributed by atoms with E-state index in [2.05, 4.69) is 10.3 Å². The summed E-state index contributed by atoms with van der Waals surface area (Å²) in [6.45, 7) is -0.147. The molecule has 0 saturated carbocycles. The zero-order valence-corrected chi connectivity index (χ0v) is 20.0. The summed E-state index contributed by atoms with van der Waals surface area (Å²) in [5, 5.41) is 5.21. The molecule has 7 nitrogen and oxygen atoms in total. The summed E-state index contributed by atoms with van der Waals surface area (Å²) in [6, 6.07) is 22.9. The first-order valence-electron chi connectivity index (χ1n) is 11.1. The molecule has 0 aliphatic carbocycles. The number of pyridine rings is 2. The van der Waals surface area contributed by atoms with Gasteiger partial charge >= 0.3 is 0 Å². The van der Waals surface area contributed by atoms with Crippen molar-refractivity contribution in [3.05, 3.63) is 111 Å². The van der Waals surface area contributed by atoms with E-state index >= 15 is 0 Å². The van der Waals surface area contributed by atoms with Crippen LogP contribution in [0, 0.1) is 0 Å². The van der Waals surface area contributed by atoms with E-state index in [0.717, 1.165) is 10.8 Å². The number of fused-ring (bicyclic) bond motifs is 2. The van der Waals surface area contributed by atoms with Gasteiger partial charge in [-0.05, 0) is 47.2 Å². The van der Waals surface area contributed by atoms with Crippen LogP contribution in [0.1, 0.15) is 15.9 Å². The van der Waals surface area contributed by atoms with Gasteiger partial charge in [0.05, 0.1) is 18.2 Å². The molecule has 2 aromatic heterocycles. The lowest BCUT2D eigenvalue weighted by Crippen LogP contribution is -2.24. The number of ketones is 1. The Kier molecular flexibility index (Phi) is 6.23. The summed E-state index contributed by atoms with van der Waals surface area (Å²) >= 11 is 5.92. The molecular weight excluding hydrogens is 478 g/mol. The Balaban J connectivity index is 1.58. The molecule has 1 N–H and O–H groups in total. The van der Waals surface area contributed by atoms with Gasteiger partial charge in [0.1, 0.15) is 12.1 Å². The average Bonchev–Trinajstić information content (AvgIpc) is 2.90. The van der Waals surface area contributed by atoms with Crippen LogP contribution in [-0.4, -0.2) is 28.4 Å². The lowest BCUT2D eigenvalue weighted by molar-refractivity contribution is -0.116. The molecule has 178 valence electrons. The number of halogens is 1. The van der Waals surface area contributed by atoms with Crippen LogP contribution in [0.2, 0.25) is 5.02 Å². The predicted octanol–water partition coefficient (Wildman–Crippen LogP) is 5.08. The number of rotatable bonds is 6. The standard InChI is InChI=1S/C28H20ClN3O4/c1-36-25-13-12-23-26(31-25)28(35)22(27(34)19-7-6-17-4-2-3-5-18(17)14-19)15-32(23)16-24(33)30-21-10-8-20(29)9-11-21/h2-15H,16H2,1H3,(H,30,33). The Hall–Kier alpha value is -4.49. The number of nitrogens with zero attached hydrogens (tertiary/aromatic N) is 2. The van der Waals surface area contributed by atoms with Gasteiger partial charge in [0.25, 0.3) is 0 Å². The smallest absolute Gasteiger partial charge is 0.244 e. The Bertz CT molecular complexity index is 1690. The first-order chi connectivity index (χ1) is 17.4. The molecule has 0 radical (unpaired) electrons. The van der Waals surface area contributed by atoms with Gasteiger partial charge in [-0.1, -0.05) is 48.0 Å². The molecule has 1 amide bonds. The van der Waals surface area contributed by atoms with Gasteiger partial charge in [0.2, 0.25) is 17.2 Å². The molecule has 0 saturated heterocycles. The average molecular weight is 498 g/mol. The van der Waals surface area contributed by atoms with Crippen LogP contribution >= 0.6 is 11.6 Å². The lowest BCUT2D eigenvalue weighted by atomic mass is 10.00. The number of aromatic nitrogens is 2. The van der Waals surface area contributed by atoms with Crippen molar-refractivity contribution in [2.45, 2.75) is 6.54 Å². The van der Waals surface area contributed by atoms with Gasteiger partial charge in [-0.2, -0.15) is 0 Å². The molecule has 2 heterocycles. The van der Waals surface area contributed by atoms with Crippen LogP contribution in [-0.2, 0) is 11.3 Å². The maximum absolute atomic E-state index is 13.5. The van der Waals surface area contributed by atoms with Crippen LogP contribution in [0.4, 0.5) is 5.69 Å². The van der Waals surface area contributed by atoms with Crippen molar-refractivity contribution in [2.75, 3.05) is 12.4 Å². The largest absolute Gasteiger partial charge is 0.481 e. The van der Waals surface area contributed by atoms with E-state index in [-0.39, 0.29) is 29.4 Å². The van der Waals surface area contributed by atoms with Crippen molar-refractivity contribution in [3.8, 4) is 5.88 Å². The van der Waals surface area contributed by atoms with Crippen molar-refractivity contribution in [3.63, 3.8) is 0 Å². The molecular formula is C28H20ClN3O4. The fourth-order valence-electron chi connectivity index (χ4n) is 4.03. The number of hydrogen-bond donors (Lipinski definition) is 1. The van der Waals surface area contributed by atoms with E-state index in [1.165, 1.54) is 13.3 Å². The number of hydrogen-bond acceptors (Lipinski definition) is 5. The van der Waals surface area contributed by atoms with E-state index in [1.807, 2.05) is 30.3 Å². The van der Waals surface area contributed by atoms with E-state index in [1.54, 1.807) is 53.1 Å². The second-order valence-electron chi connectivity index (χ2n) is 8.17. The zero-order valence-electron chi connectivity index (χ0n) is 19.2. The minimum Gasteiger partial charge on any atom is -0.481 e. The second kappa shape index (κ2) is 9.64. The van der Waals surface area contributed by atoms with Crippen LogP contribution in [0.15, 0.2) is 89.9 Å². The molecule has 0 unspecified atom stereocenters. The first-order valence-corrected chi connectivity index (χ1v) is 11.5. The van der Waals surface area contributed by atoms with Crippen molar-refractivity contribution in [1.82, 2.24) is 9.55 Å². The molecule has 0 spiro atoms. The summed E-state index contributed by atoms with van der Waals surface area (Å²) in [5.74, 6) is -0.571. The van der Waals surface area contributed by atoms with Gasteiger partial charge in [-0.3, -0.25) is 14.4 Å². The highest BCUT2D eigenvalue weighted by molar-refractivity contribution is 6.30. The number of benzene rings is 3. The summed E-state index contributed by atoms with van der Waals surface area (Å²) in [4.78, 5) is 44.0. The van der Waals surface area contributed by atoms with Gasteiger partial charge in [-0.25, -0.2) is 4.98 Å². The molecule has 0 atom stereocenters. The Labute approximate surface area is 210 Å². The number of anilines is 1. The maximum Gasteiger partial charge on any atom is 0.244 e. The third-order valence-corrected chi connectivity index (χ3v) is 6.06. The molecule has 0 bridgehead atoms. The minimum absolute atomic E-state index is 0.0419. The molecule has 0 aliphatic heterocycles. The van der Waals surface area contributed by atoms with Gasteiger partial charge in [-0.15, -0.1) is 0 Å². The fraction of sp³-hybridized carbons (Fsp3) is 0.0714. The second-order valence-corrected chi connectivity index (χ2v) is 8.60. The monoisotopic (exact) mass is 497 g/mol. The minimum atomic E-state index is -0.531. The van der Waals surface area contributed by atoms with Gasteiger partial charge in [0.15, 0.2) is 5.78 Å². The molecule has 36 heavy (non-hydrogen) atoms. The summed E-state index contributed by atoms with van der Waals surface area (Å²) < 4.78 is 6.73. The third-order valence-electron chi connectivity index (χ3n) is 5.81. The highest BCUT2D eigenvalue weighted by atomic mass is 35.5. The number of nitrogens with one attached hydrogen (secondary N) is 1. The summed E-state index contributed by atoms with van der Waals surface area (Å²) in [5.41, 5.74) is 0.767. The fourth-order valence-corrected chi connectivity index (χ4v) is 4.15. The number of carbonyl (C=O) groups is 2. The number of ether oxygens (including phenoxy) is 1. The van der Waals surface area contributed by atoms with Crippen molar-refractivity contribution in [1.29, 1.82) is 0 Å². The molecule has 3 aromatic carbocycles. The third kappa shape index (κ3) is 4.56. The molecule has 5 rings (SSSR count). The zero-order chi connectivity index (χ0) is 25.2. The Morgan fingerprint density at radius 1 is 0.972 bits per heavy atom. The molecule has 0 aliphatic rings. The highest BCUT2D eigenvalue weighted by Crippen LogP contribution is 2.20. The molecule has 0 fully saturated rings. The van der Waals surface area contributed by atoms with Crippen LogP contribution in [0.25, 0.3) is 21.8 Å². The number of carbonyl (C=O) groups excluding carboxylic acids is 2. The van der Waals surface area contributed by atoms with E-state index in [4.69, 9.17) is 16.3 Å². The van der Waals surface area contributed by atoms with Gasteiger partial charge in [0, 0.05) is 28.5 Å². The normalized spacial score (nSPS) is 10.9. The van der Waals surface area contributed by atoms with E-state index in [9.17, 15) is 14.4 Å². The summed E-state index contributed by atoms with van der Waals surface area (Å²) in [7, 11) is 1.44. The van der Waals surface area contributed by atoms with Gasteiger partial charge < -0.3 is 14.6 Å². The van der Waals surface area contributed by atoms with Crippen LogP contribution in [0.5, 0.6) is 5.88 Å². The van der Waals surface area contributed by atoms with Crippen molar-refractivity contribution in [2.24, 2.45) is 0 Å². The summed E-state index contributed by atoms with van der Waals surface area (Å²) in [6.07, 6.45) is 1.41. The number of amides is 1. The van der Waals surface area contributed by atoms with Crippen LogP contribution in [0.3, 0.4) is 0 Å². The highest BCUT2D eigenvalue weighted by Gasteiger charge is 2.20. The van der Waals surface area contributed by atoms with E-state index in [0.29, 0.717) is 21.8 Å². The molecule has 8 heteroatoms. The SMILES string of the molecule is COc1ccc2c(n1)c(=O)c(C(=O)c1ccc3ccccc3c1)cn2CC(=O)Nc1ccc(Cl)cc1. The topological polar surface area (TPSA) is 90.3 Å².